The SMILES string of the molecule is NS(=O)(=O)c1ccc(C(=O)N[C@H]2CCC(=O)N3C=CC[C@@H](C(=O)N[C@H](C=O)CC(=O)O)N3C2=O)cc1. The zero-order valence-corrected chi connectivity index (χ0v) is 19.5. The number of carbonyl (C=O) groups excluding carboxylic acids is 5. The molecule has 3 atom stereocenters. The standard InChI is InChI=1S/C21H23N5O9S/c22-36(34,35)14-5-3-12(4-6-14)19(31)24-15-7-8-17(28)25-9-1-2-16(26(25)21(15)33)20(32)23-13(11-27)10-18(29)30/h1,3-6,9,11,13,15-16H,2,7-8,10H2,(H,23,32)(H,24,31)(H,29,30)(H2,22,34,35)/t13-,15-,16-/m0/s1. The molecule has 0 aliphatic carbocycles. The molecular weight excluding hydrogens is 498 g/mol. The van der Waals surface area contributed by atoms with Gasteiger partial charge in [-0.05, 0) is 37.1 Å². The van der Waals surface area contributed by atoms with Gasteiger partial charge < -0.3 is 20.5 Å². The Morgan fingerprint density at radius 1 is 1.19 bits per heavy atom. The van der Waals surface area contributed by atoms with E-state index < -0.39 is 64.2 Å². The zero-order chi connectivity index (χ0) is 26.6. The summed E-state index contributed by atoms with van der Waals surface area (Å²) in [4.78, 5) is 73.5. The number of benzene rings is 1. The van der Waals surface area contributed by atoms with E-state index in [0.29, 0.717) is 0 Å². The van der Waals surface area contributed by atoms with Crippen LogP contribution in [0.1, 0.15) is 36.0 Å². The predicted octanol–water partition coefficient (Wildman–Crippen LogP) is -1.76. The number of carboxylic acids is 1. The molecule has 14 nitrogen and oxygen atoms in total. The van der Waals surface area contributed by atoms with E-state index in [4.69, 9.17) is 10.2 Å². The second-order valence-electron chi connectivity index (χ2n) is 8.04. The van der Waals surface area contributed by atoms with Crippen LogP contribution in [-0.2, 0) is 34.0 Å². The van der Waals surface area contributed by atoms with Crippen molar-refractivity contribution in [3.63, 3.8) is 0 Å². The van der Waals surface area contributed by atoms with Crippen LogP contribution in [-0.4, -0.2) is 77.6 Å². The lowest BCUT2D eigenvalue weighted by atomic mass is 10.1. The topological polar surface area (TPSA) is 213 Å². The molecule has 36 heavy (non-hydrogen) atoms. The van der Waals surface area contributed by atoms with Gasteiger partial charge in [-0.3, -0.25) is 24.0 Å². The quantitative estimate of drug-likeness (QED) is 0.285. The van der Waals surface area contributed by atoms with Crippen molar-refractivity contribution in [2.75, 3.05) is 0 Å². The number of carboxylic acid groups (broad SMARTS) is 1. The minimum atomic E-state index is -3.97. The van der Waals surface area contributed by atoms with Crippen LogP contribution in [0.5, 0.6) is 0 Å². The van der Waals surface area contributed by atoms with Crippen molar-refractivity contribution in [1.82, 2.24) is 20.7 Å². The average molecular weight is 522 g/mol. The van der Waals surface area contributed by atoms with Crippen molar-refractivity contribution in [3.05, 3.63) is 42.1 Å². The lowest BCUT2D eigenvalue weighted by molar-refractivity contribution is -0.166. The predicted molar refractivity (Wildman–Crippen MR) is 120 cm³/mol. The normalized spacial score (nSPS) is 20.7. The summed E-state index contributed by atoms with van der Waals surface area (Å²) >= 11 is 0. The van der Waals surface area contributed by atoms with Gasteiger partial charge in [0.1, 0.15) is 18.4 Å². The summed E-state index contributed by atoms with van der Waals surface area (Å²) in [5, 5.41) is 20.5. The number of amides is 4. The number of hydrogen-bond donors (Lipinski definition) is 4. The largest absolute Gasteiger partial charge is 0.481 e. The van der Waals surface area contributed by atoms with Gasteiger partial charge >= 0.3 is 5.97 Å². The van der Waals surface area contributed by atoms with Crippen molar-refractivity contribution >= 4 is 45.9 Å². The molecule has 0 saturated carbocycles. The van der Waals surface area contributed by atoms with Gasteiger partial charge in [-0.25, -0.2) is 23.6 Å². The maximum absolute atomic E-state index is 13.4. The van der Waals surface area contributed by atoms with Crippen molar-refractivity contribution in [3.8, 4) is 0 Å². The Labute approximate surface area is 205 Å². The zero-order valence-electron chi connectivity index (χ0n) is 18.7. The molecule has 1 fully saturated rings. The molecule has 0 spiro atoms. The second-order valence-corrected chi connectivity index (χ2v) is 9.60. The third-order valence-corrected chi connectivity index (χ3v) is 6.43. The molecule has 3 rings (SSSR count). The summed E-state index contributed by atoms with van der Waals surface area (Å²) in [6.07, 6.45) is 2.12. The van der Waals surface area contributed by atoms with Crippen molar-refractivity contribution in [1.29, 1.82) is 0 Å². The number of primary sulfonamides is 1. The number of aldehydes is 1. The number of hydrogen-bond acceptors (Lipinski definition) is 8. The number of rotatable bonds is 8. The highest BCUT2D eigenvalue weighted by molar-refractivity contribution is 7.89. The molecule has 1 aromatic rings. The van der Waals surface area contributed by atoms with Gasteiger partial charge in [-0.2, -0.15) is 0 Å². The van der Waals surface area contributed by atoms with Crippen LogP contribution < -0.4 is 15.8 Å². The van der Waals surface area contributed by atoms with E-state index in [0.717, 1.165) is 22.2 Å². The van der Waals surface area contributed by atoms with E-state index in [1.165, 1.54) is 24.4 Å². The first kappa shape index (κ1) is 26.5. The smallest absolute Gasteiger partial charge is 0.305 e. The van der Waals surface area contributed by atoms with Gasteiger partial charge in [0.2, 0.25) is 21.8 Å². The van der Waals surface area contributed by atoms with Crippen LogP contribution in [0.25, 0.3) is 0 Å². The van der Waals surface area contributed by atoms with Crippen LogP contribution >= 0.6 is 0 Å². The number of sulfonamides is 1. The molecule has 0 bridgehead atoms. The molecule has 1 saturated heterocycles. The Morgan fingerprint density at radius 3 is 2.44 bits per heavy atom. The minimum Gasteiger partial charge on any atom is -0.481 e. The Kier molecular flexibility index (Phi) is 7.84. The molecule has 1 aromatic carbocycles. The Balaban J connectivity index is 1.81. The van der Waals surface area contributed by atoms with E-state index in [-0.39, 0.29) is 36.0 Å². The van der Waals surface area contributed by atoms with Gasteiger partial charge in [-0.15, -0.1) is 0 Å². The summed E-state index contributed by atoms with van der Waals surface area (Å²) < 4.78 is 22.8. The lowest BCUT2D eigenvalue weighted by Crippen LogP contribution is -2.62. The van der Waals surface area contributed by atoms with Crippen LogP contribution in [0.2, 0.25) is 0 Å². The third kappa shape index (κ3) is 5.92. The number of fused-ring (bicyclic) bond motifs is 1. The first-order valence-corrected chi connectivity index (χ1v) is 12.2. The van der Waals surface area contributed by atoms with Crippen LogP contribution in [0.15, 0.2) is 41.4 Å². The highest BCUT2D eigenvalue weighted by atomic mass is 32.2. The fourth-order valence-corrected chi connectivity index (χ4v) is 4.25. The van der Waals surface area contributed by atoms with Gasteiger partial charge in [0.05, 0.1) is 17.4 Å². The third-order valence-electron chi connectivity index (χ3n) is 5.50. The summed E-state index contributed by atoms with van der Waals surface area (Å²) in [6, 6.07) is 0.816. The lowest BCUT2D eigenvalue weighted by Gasteiger charge is -2.39. The summed E-state index contributed by atoms with van der Waals surface area (Å²) in [5.41, 5.74) is 0.0259. The van der Waals surface area contributed by atoms with E-state index in [2.05, 4.69) is 10.6 Å². The molecule has 5 N–H and O–H groups in total. The summed E-state index contributed by atoms with van der Waals surface area (Å²) in [6.45, 7) is 0. The van der Waals surface area contributed by atoms with E-state index in [1.807, 2.05) is 0 Å². The Hall–Kier alpha value is -4.11. The first-order valence-electron chi connectivity index (χ1n) is 10.6. The summed E-state index contributed by atoms with van der Waals surface area (Å²) in [7, 11) is -3.97. The second kappa shape index (κ2) is 10.7. The molecule has 192 valence electrons. The maximum atomic E-state index is 13.4. The van der Waals surface area contributed by atoms with Crippen molar-refractivity contribution in [2.24, 2.45) is 5.14 Å². The number of nitrogens with one attached hydrogen (secondary N) is 2. The molecule has 2 heterocycles. The Bertz CT molecular complexity index is 1230. The monoisotopic (exact) mass is 521 g/mol. The molecule has 0 unspecified atom stereocenters. The van der Waals surface area contributed by atoms with E-state index >= 15 is 0 Å². The van der Waals surface area contributed by atoms with E-state index in [1.54, 1.807) is 0 Å². The molecule has 2 aliphatic rings. The summed E-state index contributed by atoms with van der Waals surface area (Å²) in [5.74, 6) is -4.20. The van der Waals surface area contributed by atoms with Gasteiger partial charge in [-0.1, -0.05) is 6.08 Å². The van der Waals surface area contributed by atoms with Gasteiger partial charge in [0, 0.05) is 18.2 Å². The number of hydrazine groups is 1. The number of carbonyl (C=O) groups is 6. The number of nitrogens with two attached hydrogens (primary N) is 1. The maximum Gasteiger partial charge on any atom is 0.305 e. The Morgan fingerprint density at radius 2 is 1.86 bits per heavy atom. The van der Waals surface area contributed by atoms with Crippen LogP contribution in [0.4, 0.5) is 0 Å². The molecule has 4 amide bonds. The molecule has 15 heteroatoms. The fourth-order valence-electron chi connectivity index (χ4n) is 3.73. The number of aliphatic carboxylic acids is 1. The highest BCUT2D eigenvalue weighted by Gasteiger charge is 2.43. The molecule has 2 aliphatic heterocycles. The van der Waals surface area contributed by atoms with Gasteiger partial charge in [0.15, 0.2) is 0 Å². The first-order chi connectivity index (χ1) is 16.9. The molecule has 0 radical (unpaired) electrons. The fraction of sp³-hybridized carbons (Fsp3) is 0.333. The van der Waals surface area contributed by atoms with Crippen LogP contribution in [0.3, 0.4) is 0 Å². The number of nitrogens with zero attached hydrogens (tertiary/aromatic N) is 2. The van der Waals surface area contributed by atoms with Crippen molar-refractivity contribution < 1.29 is 42.3 Å². The van der Waals surface area contributed by atoms with E-state index in [9.17, 15) is 37.2 Å². The van der Waals surface area contributed by atoms with Crippen molar-refractivity contribution in [2.45, 2.75) is 48.7 Å². The van der Waals surface area contributed by atoms with Gasteiger partial charge in [0.25, 0.3) is 11.8 Å². The highest BCUT2D eigenvalue weighted by Crippen LogP contribution is 2.24. The molecule has 0 aromatic heterocycles. The van der Waals surface area contributed by atoms with Crippen LogP contribution in [0, 0.1) is 0 Å². The minimum absolute atomic E-state index is 0.0259. The molecular formula is C21H23N5O9S. The average Bonchev–Trinajstić information content (AvgIpc) is 2.94.